The highest BCUT2D eigenvalue weighted by atomic mass is 32.2. The standard InChI is InChI=1S/C17H20.2C15H18O.C13H20.C12H18O.2C11H16O.C9H15NO2.2C7H15NS/c1-14(2)12-16-8-10-17(11-9-16)13-15-6-4-3-5-7-15;2*1-12(2)8-14-10-15(16-11-14)9-13-6-4-3-5-7-13;1-9(2)6-13-11(4)7-10(3)8-12(13)5;1-5-6-10-9(4)11(8(2)3)7-12(10)13;2*1-4-5-10-6-7-11(12-10)8-9(2)3;1-7(2)6-10-8(11)4-3-5-9(10)12;2*1-7(2)5-8-3-4-9-6-8/h3-11,14H,12-13H2,1-2H3;2*3-7,10-12H,8-9H2,1-2H3;7-9H,6H2,1-5H3;5,8,11H,1,6-7H2,2-4H3;2*4,6-7,9H,1,5,8H2,2-3H3;7H,3-6H2,1-2H3;2*7H,3-6H2,1-2H3. The molecule has 5 aromatic carbocycles. The van der Waals surface area contributed by atoms with E-state index in [2.05, 4.69) is 345 Å². The van der Waals surface area contributed by atoms with Crippen molar-refractivity contribution in [3.63, 3.8) is 0 Å². The number of hydrogen-bond donors (Lipinski definition) is 0. The molecule has 3 saturated heterocycles. The monoisotopic (exact) mass is 1790 g/mol. The van der Waals surface area contributed by atoms with Crippen LogP contribution in [0.5, 0.6) is 0 Å². The number of aryl methyl sites for hydroxylation is 3. The van der Waals surface area contributed by atoms with Crippen LogP contribution in [-0.2, 0) is 85.0 Å². The largest absolute Gasteiger partial charge is 0.469 e. The summed E-state index contributed by atoms with van der Waals surface area (Å²) in [5.41, 5.74) is 17.5. The van der Waals surface area contributed by atoms with Crippen molar-refractivity contribution in [1.29, 1.82) is 0 Å². The van der Waals surface area contributed by atoms with Gasteiger partial charge < -0.3 is 17.7 Å². The molecule has 12 heteroatoms. The van der Waals surface area contributed by atoms with E-state index in [1.807, 2.05) is 68.9 Å². The molecule has 129 heavy (non-hydrogen) atoms. The molecule has 13 rings (SSSR count). The first-order chi connectivity index (χ1) is 61.4. The smallest absolute Gasteiger partial charge is 0.229 e. The SMILES string of the molecule is C=CCC1=C(C)C(C(C)C)CC1=O.C=CCc1ccc(CC(C)C)o1.C=CCc1ccc(CC(C)C)o1.CC(C)CN1C(=O)CCCC1=O.CC(C)CN1CCSC1.CC(C)CN1CCSC1.CC(C)Cc1ccc(Cc2ccccc2)cc1.CC(C)Cc1coc(Cc2ccccc2)c1.CC(C)Cc1coc(Cc2ccccc2)c1.Cc1cc(C)c(CC(C)C)c(C)c1. The minimum atomic E-state index is -0.0000463. The van der Waals surface area contributed by atoms with Gasteiger partial charge in [0.25, 0.3) is 0 Å². The number of Topliss-reactive ketones (excluding diaryl/α,β-unsaturated/α-hetero) is 1. The van der Waals surface area contributed by atoms with E-state index in [0.29, 0.717) is 73.0 Å². The highest BCUT2D eigenvalue weighted by Crippen LogP contribution is 2.36. The zero-order chi connectivity index (χ0) is 95.3. The van der Waals surface area contributed by atoms with Gasteiger partial charge in [0, 0.05) is 114 Å². The number of allylic oxidation sites excluding steroid dienone is 5. The lowest BCUT2D eigenvalue weighted by atomic mass is 9.90. The topological polar surface area (TPSA) is 113 Å². The first kappa shape index (κ1) is 113. The predicted molar refractivity (Wildman–Crippen MR) is 557 cm³/mol. The van der Waals surface area contributed by atoms with E-state index < -0.39 is 0 Å². The zero-order valence-electron chi connectivity index (χ0n) is 84.6. The number of furan rings is 4. The van der Waals surface area contributed by atoms with E-state index in [0.717, 1.165) is 134 Å². The van der Waals surface area contributed by atoms with Gasteiger partial charge in [-0.1, -0.05) is 295 Å². The third-order valence-electron chi connectivity index (χ3n) is 21.6. The number of imide groups is 1. The van der Waals surface area contributed by atoms with Gasteiger partial charge in [-0.05, 0) is 235 Å². The van der Waals surface area contributed by atoms with Crippen molar-refractivity contribution in [2.75, 3.05) is 56.0 Å². The number of nitrogens with zero attached hydrogens (tertiary/aromatic N) is 3. The Morgan fingerprint density at radius 3 is 1.08 bits per heavy atom. The molecule has 10 nitrogen and oxygen atoms in total. The fraction of sp³-hybridized carbons (Fsp3) is 0.513. The first-order valence-electron chi connectivity index (χ1n) is 48.5. The lowest BCUT2D eigenvalue weighted by Crippen LogP contribution is -2.42. The van der Waals surface area contributed by atoms with Gasteiger partial charge in [-0.3, -0.25) is 29.1 Å². The summed E-state index contributed by atoms with van der Waals surface area (Å²) in [6.07, 6.45) is 23.7. The van der Waals surface area contributed by atoms with E-state index in [1.54, 1.807) is 5.56 Å². The Bertz CT molecular complexity index is 4350. The van der Waals surface area contributed by atoms with Crippen LogP contribution in [0.25, 0.3) is 0 Å². The molecule has 1 unspecified atom stereocenters. The summed E-state index contributed by atoms with van der Waals surface area (Å²) < 4.78 is 22.3. The van der Waals surface area contributed by atoms with E-state index in [9.17, 15) is 14.4 Å². The molecular weight excluding hydrogens is 1620 g/mol. The number of carbonyl (C=O) groups is 3. The zero-order valence-corrected chi connectivity index (χ0v) is 86.3. The average Bonchev–Trinajstić information content (AvgIpc) is 1.35. The first-order valence-corrected chi connectivity index (χ1v) is 50.8. The highest BCUT2D eigenvalue weighted by molar-refractivity contribution is 7.99. The Morgan fingerprint density at radius 1 is 0.380 bits per heavy atom. The fourth-order valence-corrected chi connectivity index (χ4v) is 17.9. The Labute approximate surface area is 793 Å². The van der Waals surface area contributed by atoms with Crippen LogP contribution < -0.4 is 0 Å². The lowest BCUT2D eigenvalue weighted by molar-refractivity contribution is -0.148. The molecule has 7 heterocycles. The number of hydrogen-bond acceptors (Lipinski definition) is 11. The molecule has 708 valence electrons. The number of rotatable bonds is 31. The molecule has 0 saturated carbocycles. The second-order valence-corrected chi connectivity index (χ2v) is 41.8. The number of likely N-dealkylation sites (tertiary alicyclic amines) is 1. The van der Waals surface area contributed by atoms with Gasteiger partial charge in [-0.25, -0.2) is 0 Å². The summed E-state index contributed by atoms with van der Waals surface area (Å²) in [6, 6.07) is 57.6. The van der Waals surface area contributed by atoms with Crippen LogP contribution in [-0.4, -0.2) is 88.3 Å². The molecule has 0 bridgehead atoms. The third-order valence-corrected chi connectivity index (χ3v) is 23.7. The Morgan fingerprint density at radius 2 is 0.736 bits per heavy atom. The number of carbonyl (C=O) groups excluding carboxylic acids is 3. The van der Waals surface area contributed by atoms with E-state index in [1.165, 1.54) is 128 Å². The number of piperidine rings is 1. The minimum absolute atomic E-state index is 0.0000463. The Kier molecular flexibility index (Phi) is 55.7. The van der Waals surface area contributed by atoms with Crippen LogP contribution in [0.1, 0.15) is 273 Å². The molecule has 2 amide bonds. The summed E-state index contributed by atoms with van der Waals surface area (Å²) in [5, 5.41) is 0. The van der Waals surface area contributed by atoms with Gasteiger partial charge in [-0.15, -0.1) is 43.3 Å². The van der Waals surface area contributed by atoms with Crippen molar-refractivity contribution in [3.05, 3.63) is 321 Å². The van der Waals surface area contributed by atoms with Gasteiger partial charge in [0.1, 0.15) is 34.6 Å². The fourth-order valence-electron chi connectivity index (χ4n) is 15.9. The van der Waals surface area contributed by atoms with Crippen LogP contribution >= 0.6 is 23.5 Å². The van der Waals surface area contributed by atoms with Gasteiger partial charge in [0.05, 0.1) is 12.5 Å². The van der Waals surface area contributed by atoms with E-state index in [4.69, 9.17) is 17.7 Å². The number of thioether (sulfide) groups is 2. The summed E-state index contributed by atoms with van der Waals surface area (Å²) in [7, 11) is 0. The highest BCUT2D eigenvalue weighted by Gasteiger charge is 2.31. The van der Waals surface area contributed by atoms with Crippen molar-refractivity contribution in [2.24, 2.45) is 65.1 Å². The van der Waals surface area contributed by atoms with Gasteiger partial charge in [-0.2, -0.15) is 0 Å². The number of amides is 2. The molecule has 4 aliphatic rings. The summed E-state index contributed by atoms with van der Waals surface area (Å²) in [5.74, 6) is 19.1. The molecule has 4 aromatic heterocycles. The number of benzene rings is 5. The molecule has 1 aliphatic carbocycles. The maximum Gasteiger partial charge on any atom is 0.229 e. The molecular formula is C117H171N3O7S2. The van der Waals surface area contributed by atoms with Crippen LogP contribution in [0, 0.1) is 85.9 Å². The second-order valence-electron chi connectivity index (χ2n) is 39.6. The molecule has 3 fully saturated rings. The molecule has 0 N–H and O–H groups in total. The molecule has 3 aliphatic heterocycles. The number of ketones is 1. The molecule has 0 radical (unpaired) electrons. The quantitative estimate of drug-likeness (QED) is 0.0306. The van der Waals surface area contributed by atoms with Crippen LogP contribution in [0.4, 0.5) is 0 Å². The van der Waals surface area contributed by atoms with Gasteiger partial charge in [0.2, 0.25) is 11.8 Å². The summed E-state index contributed by atoms with van der Waals surface area (Å²) >= 11 is 4.10. The normalized spacial score (nSPS) is 14.3. The van der Waals surface area contributed by atoms with Crippen LogP contribution in [0.3, 0.4) is 0 Å². The Hall–Kier alpha value is -8.39. The minimum Gasteiger partial charge on any atom is -0.469 e. The lowest BCUT2D eigenvalue weighted by Gasteiger charge is -2.26. The summed E-state index contributed by atoms with van der Waals surface area (Å²) in [6.45, 7) is 69.7. The van der Waals surface area contributed by atoms with Crippen molar-refractivity contribution < 1.29 is 32.1 Å². The molecule has 0 spiro atoms. The average molecular weight is 1800 g/mol. The molecule has 9 aromatic rings. The van der Waals surface area contributed by atoms with Gasteiger partial charge >= 0.3 is 0 Å². The van der Waals surface area contributed by atoms with Gasteiger partial charge in [0.15, 0.2) is 5.78 Å². The Balaban J connectivity index is 0.000000302. The van der Waals surface area contributed by atoms with Crippen molar-refractivity contribution in [2.45, 2.75) is 269 Å². The van der Waals surface area contributed by atoms with Crippen LogP contribution in [0.2, 0.25) is 0 Å². The second kappa shape index (κ2) is 63.6. The maximum atomic E-state index is 11.6. The van der Waals surface area contributed by atoms with Crippen molar-refractivity contribution >= 4 is 41.1 Å². The molecule has 1 atom stereocenters. The van der Waals surface area contributed by atoms with Crippen molar-refractivity contribution in [3.8, 4) is 0 Å². The third kappa shape index (κ3) is 49.6. The summed E-state index contributed by atoms with van der Waals surface area (Å²) in [4.78, 5) is 40.5. The van der Waals surface area contributed by atoms with E-state index >= 15 is 0 Å². The van der Waals surface area contributed by atoms with Crippen molar-refractivity contribution in [1.82, 2.24) is 14.7 Å². The van der Waals surface area contributed by atoms with E-state index in [-0.39, 0.29) is 11.8 Å². The maximum absolute atomic E-state index is 11.6. The van der Waals surface area contributed by atoms with Crippen LogP contribution in [0.15, 0.2) is 243 Å². The predicted octanol–water partition coefficient (Wildman–Crippen LogP) is 30.4.